The summed E-state index contributed by atoms with van der Waals surface area (Å²) in [5.74, 6) is -1.44. The summed E-state index contributed by atoms with van der Waals surface area (Å²) in [6, 6.07) is 6.13. The van der Waals surface area contributed by atoms with Gasteiger partial charge < -0.3 is 15.7 Å². The molecule has 0 radical (unpaired) electrons. The molecule has 172 valence electrons. The number of rotatable bonds is 6. The van der Waals surface area contributed by atoms with Gasteiger partial charge in [0.25, 0.3) is 11.8 Å². The van der Waals surface area contributed by atoms with Gasteiger partial charge in [-0.2, -0.15) is 5.10 Å². The zero-order valence-electron chi connectivity index (χ0n) is 19.0. The maximum atomic E-state index is 13.3. The van der Waals surface area contributed by atoms with E-state index in [-0.39, 0.29) is 46.8 Å². The molecule has 1 aromatic carbocycles. The first-order valence-corrected chi connectivity index (χ1v) is 11.0. The molecular weight excluding hydrogens is 422 g/mol. The van der Waals surface area contributed by atoms with Gasteiger partial charge >= 0.3 is 5.97 Å². The maximum Gasteiger partial charge on any atom is 0.335 e. The third kappa shape index (κ3) is 4.18. The van der Waals surface area contributed by atoms with Crippen molar-refractivity contribution in [2.75, 3.05) is 0 Å². The molecule has 1 aliphatic rings. The first-order chi connectivity index (χ1) is 15.7. The molecule has 0 saturated carbocycles. The Morgan fingerprint density at radius 2 is 1.91 bits per heavy atom. The number of carboxylic acids is 1. The number of benzene rings is 1. The molecule has 0 spiro atoms. The molecule has 0 saturated heterocycles. The first kappa shape index (κ1) is 22.4. The Kier molecular flexibility index (Phi) is 5.88. The molecule has 2 atom stereocenters. The fraction of sp³-hybridized carbons (Fsp3) is 0.375. The molecule has 3 aromatic rings. The summed E-state index contributed by atoms with van der Waals surface area (Å²) >= 11 is 0. The van der Waals surface area contributed by atoms with Crippen LogP contribution in [0.15, 0.2) is 30.5 Å². The van der Waals surface area contributed by atoms with Gasteiger partial charge in [0.05, 0.1) is 17.8 Å². The van der Waals surface area contributed by atoms with Crippen LogP contribution in [-0.4, -0.2) is 43.5 Å². The van der Waals surface area contributed by atoms with Crippen LogP contribution in [0, 0.1) is 12.8 Å². The van der Waals surface area contributed by atoms with Gasteiger partial charge in [-0.25, -0.2) is 14.3 Å². The van der Waals surface area contributed by atoms with Crippen LogP contribution in [0.3, 0.4) is 0 Å². The molecule has 2 amide bonds. The maximum absolute atomic E-state index is 13.3. The summed E-state index contributed by atoms with van der Waals surface area (Å²) in [6.07, 6.45) is 2.87. The summed E-state index contributed by atoms with van der Waals surface area (Å²) in [6.45, 7) is 7.74. The molecule has 9 nitrogen and oxygen atoms in total. The lowest BCUT2D eigenvalue weighted by molar-refractivity contribution is 0.0695. The van der Waals surface area contributed by atoms with Crippen LogP contribution >= 0.6 is 0 Å². The Morgan fingerprint density at radius 1 is 1.15 bits per heavy atom. The summed E-state index contributed by atoms with van der Waals surface area (Å²) in [5, 5.41) is 19.5. The van der Waals surface area contributed by atoms with E-state index in [1.807, 2.05) is 20.8 Å². The zero-order valence-corrected chi connectivity index (χ0v) is 19.0. The SMILES string of the molecule is Cc1c(C(=O)O)ccc2c1CC[C@@H]2NC(=O)c1cc(C(=O)N[C@H](C)C(C)C)nc2ccnn12. The summed E-state index contributed by atoms with van der Waals surface area (Å²) in [7, 11) is 0. The molecule has 33 heavy (non-hydrogen) atoms. The molecular formula is C24H27N5O4. The van der Waals surface area contributed by atoms with E-state index in [1.54, 1.807) is 25.1 Å². The second-order valence-corrected chi connectivity index (χ2v) is 8.81. The summed E-state index contributed by atoms with van der Waals surface area (Å²) in [4.78, 5) is 41.8. The minimum absolute atomic E-state index is 0.0494. The van der Waals surface area contributed by atoms with Crippen molar-refractivity contribution >= 4 is 23.4 Å². The van der Waals surface area contributed by atoms with Crippen molar-refractivity contribution in [2.24, 2.45) is 5.92 Å². The lowest BCUT2D eigenvalue weighted by atomic mass is 9.98. The number of carbonyl (C=O) groups excluding carboxylic acids is 2. The van der Waals surface area contributed by atoms with Gasteiger partial charge in [0.15, 0.2) is 5.65 Å². The van der Waals surface area contributed by atoms with Gasteiger partial charge in [-0.15, -0.1) is 0 Å². The minimum Gasteiger partial charge on any atom is -0.478 e. The molecule has 0 bridgehead atoms. The van der Waals surface area contributed by atoms with Gasteiger partial charge in [0, 0.05) is 18.2 Å². The Morgan fingerprint density at radius 3 is 2.61 bits per heavy atom. The van der Waals surface area contributed by atoms with Crippen LogP contribution in [0.1, 0.15) is 81.3 Å². The van der Waals surface area contributed by atoms with Gasteiger partial charge in [-0.1, -0.05) is 19.9 Å². The molecule has 4 rings (SSSR count). The van der Waals surface area contributed by atoms with Gasteiger partial charge in [0.1, 0.15) is 11.4 Å². The predicted molar refractivity (Wildman–Crippen MR) is 121 cm³/mol. The number of nitrogens with one attached hydrogen (secondary N) is 2. The third-order valence-electron chi connectivity index (χ3n) is 6.41. The second-order valence-electron chi connectivity index (χ2n) is 8.81. The monoisotopic (exact) mass is 449 g/mol. The Balaban J connectivity index is 1.62. The molecule has 0 fully saturated rings. The number of aromatic nitrogens is 3. The molecule has 1 aliphatic carbocycles. The van der Waals surface area contributed by atoms with Crippen molar-refractivity contribution in [1.29, 1.82) is 0 Å². The van der Waals surface area contributed by atoms with Crippen molar-refractivity contribution in [3.63, 3.8) is 0 Å². The second kappa shape index (κ2) is 8.65. The van der Waals surface area contributed by atoms with E-state index in [9.17, 15) is 19.5 Å². The Labute approximate surface area is 191 Å². The molecule has 0 aliphatic heterocycles. The lowest BCUT2D eigenvalue weighted by Crippen LogP contribution is -2.37. The van der Waals surface area contributed by atoms with Crippen LogP contribution in [0.4, 0.5) is 0 Å². The highest BCUT2D eigenvalue weighted by Crippen LogP contribution is 2.34. The smallest absolute Gasteiger partial charge is 0.335 e. The predicted octanol–water partition coefficient (Wildman–Crippen LogP) is 2.93. The van der Waals surface area contributed by atoms with Crippen molar-refractivity contribution in [3.05, 3.63) is 64.1 Å². The van der Waals surface area contributed by atoms with Crippen LogP contribution in [0.2, 0.25) is 0 Å². The number of aromatic carboxylic acids is 1. The number of hydrogen-bond donors (Lipinski definition) is 3. The molecule has 0 unspecified atom stereocenters. The highest BCUT2D eigenvalue weighted by molar-refractivity contribution is 5.98. The molecule has 3 N–H and O–H groups in total. The van der Waals surface area contributed by atoms with Crippen molar-refractivity contribution in [2.45, 2.75) is 52.6 Å². The van der Waals surface area contributed by atoms with Crippen LogP contribution in [-0.2, 0) is 6.42 Å². The van der Waals surface area contributed by atoms with Crippen LogP contribution in [0.5, 0.6) is 0 Å². The zero-order chi connectivity index (χ0) is 23.9. The topological polar surface area (TPSA) is 126 Å². The largest absolute Gasteiger partial charge is 0.478 e. The molecule has 2 aromatic heterocycles. The molecule has 9 heteroatoms. The van der Waals surface area contributed by atoms with Gasteiger partial charge in [-0.3, -0.25) is 9.59 Å². The quantitative estimate of drug-likeness (QED) is 0.531. The van der Waals surface area contributed by atoms with Gasteiger partial charge in [-0.05, 0) is 55.4 Å². The van der Waals surface area contributed by atoms with E-state index in [0.29, 0.717) is 18.5 Å². The van der Waals surface area contributed by atoms with Crippen molar-refractivity contribution in [1.82, 2.24) is 25.2 Å². The lowest BCUT2D eigenvalue weighted by Gasteiger charge is -2.18. The average molecular weight is 450 g/mol. The highest BCUT2D eigenvalue weighted by atomic mass is 16.4. The number of nitrogens with zero attached hydrogens (tertiary/aromatic N) is 3. The normalized spacial score (nSPS) is 16.0. The van der Waals surface area contributed by atoms with E-state index in [4.69, 9.17) is 0 Å². The number of amides is 2. The average Bonchev–Trinajstić information content (AvgIpc) is 3.40. The van der Waals surface area contributed by atoms with E-state index >= 15 is 0 Å². The van der Waals surface area contributed by atoms with Gasteiger partial charge in [0.2, 0.25) is 0 Å². The van der Waals surface area contributed by atoms with Crippen LogP contribution < -0.4 is 10.6 Å². The van der Waals surface area contributed by atoms with Crippen molar-refractivity contribution < 1.29 is 19.5 Å². The highest BCUT2D eigenvalue weighted by Gasteiger charge is 2.29. The fourth-order valence-electron chi connectivity index (χ4n) is 4.13. The standard InChI is InChI=1S/C24H27N5O4/c1-12(2)14(4)26-22(30)19-11-20(29-21(27-19)9-10-25-29)23(31)28-18-8-7-15-13(3)16(24(32)33)5-6-17(15)18/h5-6,9-12,14,18H,7-8H2,1-4H3,(H,26,30)(H,28,31)(H,32,33)/t14-,18+/m1/s1. The van der Waals surface area contributed by atoms with Crippen molar-refractivity contribution in [3.8, 4) is 0 Å². The van der Waals surface area contributed by atoms with E-state index < -0.39 is 5.97 Å². The third-order valence-corrected chi connectivity index (χ3v) is 6.41. The fourth-order valence-corrected chi connectivity index (χ4v) is 4.13. The molecule has 2 heterocycles. The number of carbonyl (C=O) groups is 3. The van der Waals surface area contributed by atoms with E-state index in [0.717, 1.165) is 16.7 Å². The Bertz CT molecular complexity index is 1260. The van der Waals surface area contributed by atoms with E-state index in [1.165, 1.54) is 16.8 Å². The number of fused-ring (bicyclic) bond motifs is 2. The first-order valence-electron chi connectivity index (χ1n) is 11.0. The number of carboxylic acid groups (broad SMARTS) is 1. The van der Waals surface area contributed by atoms with Crippen LogP contribution in [0.25, 0.3) is 5.65 Å². The Hall–Kier alpha value is -3.75. The van der Waals surface area contributed by atoms with E-state index in [2.05, 4.69) is 20.7 Å². The summed E-state index contributed by atoms with van der Waals surface area (Å²) in [5.41, 5.74) is 3.64. The summed E-state index contributed by atoms with van der Waals surface area (Å²) < 4.78 is 1.41. The number of hydrogen-bond acceptors (Lipinski definition) is 5. The minimum atomic E-state index is -0.960.